The lowest BCUT2D eigenvalue weighted by atomic mass is 10.1. The molecule has 0 spiro atoms. The quantitative estimate of drug-likeness (QED) is 0.472. The summed E-state index contributed by atoms with van der Waals surface area (Å²) in [6.07, 6.45) is 1.76. The molecular formula is C24H20N2O3S. The van der Waals surface area contributed by atoms with Gasteiger partial charge in [0.1, 0.15) is 23.8 Å². The number of nitrogens with zero attached hydrogens (tertiary/aromatic N) is 1. The van der Waals surface area contributed by atoms with Gasteiger partial charge < -0.3 is 14.8 Å². The average Bonchev–Trinajstić information content (AvgIpc) is 3.06. The van der Waals surface area contributed by atoms with E-state index in [0.29, 0.717) is 34.6 Å². The van der Waals surface area contributed by atoms with E-state index in [9.17, 15) is 4.79 Å². The fraction of sp³-hybridized carbons (Fsp3) is 0.0833. The molecule has 5 nitrogen and oxygen atoms in total. The standard InChI is InChI=1S/C24H20N2O3S/c1-28-20-13-11-19(12-14-20)26-23(27)21(25-24(26)30)15-18-9-5-6-10-22(18)29-16-17-7-3-2-4-8-17/h2-15H,16H2,1H3,(H,25,30)/b21-15-. The van der Waals surface area contributed by atoms with Gasteiger partial charge in [-0.25, -0.2) is 0 Å². The maximum absolute atomic E-state index is 13.0. The Bertz CT molecular complexity index is 1090. The van der Waals surface area contributed by atoms with Crippen LogP contribution in [-0.2, 0) is 11.4 Å². The number of hydrogen-bond acceptors (Lipinski definition) is 4. The van der Waals surface area contributed by atoms with Gasteiger partial charge >= 0.3 is 0 Å². The lowest BCUT2D eigenvalue weighted by Crippen LogP contribution is -2.30. The monoisotopic (exact) mass is 416 g/mol. The van der Waals surface area contributed by atoms with Crippen LogP contribution in [0.3, 0.4) is 0 Å². The molecular weight excluding hydrogens is 396 g/mol. The van der Waals surface area contributed by atoms with E-state index in [0.717, 1.165) is 11.1 Å². The van der Waals surface area contributed by atoms with E-state index in [1.165, 1.54) is 4.90 Å². The van der Waals surface area contributed by atoms with Crippen LogP contribution in [0.15, 0.2) is 84.6 Å². The second kappa shape index (κ2) is 8.80. The number of thiocarbonyl (C=S) groups is 1. The summed E-state index contributed by atoms with van der Waals surface area (Å²) < 4.78 is 11.2. The molecule has 0 aliphatic carbocycles. The van der Waals surface area contributed by atoms with Gasteiger partial charge in [0.2, 0.25) is 0 Å². The third-order valence-electron chi connectivity index (χ3n) is 4.66. The van der Waals surface area contributed by atoms with E-state index in [1.807, 2.05) is 54.6 Å². The summed E-state index contributed by atoms with van der Waals surface area (Å²) in [6, 6.07) is 24.7. The minimum atomic E-state index is -0.219. The molecule has 1 heterocycles. The maximum Gasteiger partial charge on any atom is 0.281 e. The van der Waals surface area contributed by atoms with Crippen LogP contribution in [-0.4, -0.2) is 18.1 Å². The van der Waals surface area contributed by atoms with Crippen LogP contribution in [0.1, 0.15) is 11.1 Å². The molecule has 1 amide bonds. The van der Waals surface area contributed by atoms with Crippen LogP contribution < -0.4 is 19.7 Å². The summed E-state index contributed by atoms with van der Waals surface area (Å²) in [5.41, 5.74) is 2.94. The molecule has 1 aliphatic rings. The van der Waals surface area contributed by atoms with E-state index in [1.54, 1.807) is 37.5 Å². The van der Waals surface area contributed by atoms with Crippen LogP contribution in [0.2, 0.25) is 0 Å². The zero-order valence-electron chi connectivity index (χ0n) is 16.4. The van der Waals surface area contributed by atoms with Crippen molar-refractivity contribution in [3.8, 4) is 11.5 Å². The molecule has 150 valence electrons. The molecule has 1 aliphatic heterocycles. The number of para-hydroxylation sites is 1. The van der Waals surface area contributed by atoms with Gasteiger partial charge in [-0.05, 0) is 54.2 Å². The molecule has 1 N–H and O–H groups in total. The van der Waals surface area contributed by atoms with Gasteiger partial charge in [-0.15, -0.1) is 0 Å². The Kier molecular flexibility index (Phi) is 5.77. The zero-order chi connectivity index (χ0) is 20.9. The Labute approximate surface area is 180 Å². The Morgan fingerprint density at radius 1 is 0.967 bits per heavy atom. The van der Waals surface area contributed by atoms with Crippen molar-refractivity contribution in [1.29, 1.82) is 0 Å². The second-order valence-electron chi connectivity index (χ2n) is 6.64. The Balaban J connectivity index is 1.56. The molecule has 0 bridgehead atoms. The largest absolute Gasteiger partial charge is 0.497 e. The minimum absolute atomic E-state index is 0.219. The molecule has 0 aromatic heterocycles. The fourth-order valence-corrected chi connectivity index (χ4v) is 3.42. The van der Waals surface area contributed by atoms with Crippen LogP contribution in [0.25, 0.3) is 6.08 Å². The van der Waals surface area contributed by atoms with Gasteiger partial charge in [-0.3, -0.25) is 9.69 Å². The smallest absolute Gasteiger partial charge is 0.281 e. The number of hydrogen-bond donors (Lipinski definition) is 1. The Morgan fingerprint density at radius 3 is 2.40 bits per heavy atom. The number of rotatable bonds is 6. The van der Waals surface area contributed by atoms with Gasteiger partial charge in [0.25, 0.3) is 5.91 Å². The van der Waals surface area contributed by atoms with E-state index in [2.05, 4.69) is 5.32 Å². The van der Waals surface area contributed by atoms with Crippen molar-refractivity contribution in [2.45, 2.75) is 6.61 Å². The lowest BCUT2D eigenvalue weighted by molar-refractivity contribution is -0.113. The van der Waals surface area contributed by atoms with Gasteiger partial charge in [0, 0.05) is 5.56 Å². The molecule has 0 saturated carbocycles. The van der Waals surface area contributed by atoms with Crippen molar-refractivity contribution in [1.82, 2.24) is 5.32 Å². The summed E-state index contributed by atoms with van der Waals surface area (Å²) in [5, 5.41) is 3.34. The molecule has 0 radical (unpaired) electrons. The van der Waals surface area contributed by atoms with Gasteiger partial charge in [0.15, 0.2) is 5.11 Å². The third kappa shape index (κ3) is 4.18. The molecule has 3 aromatic carbocycles. The number of ether oxygens (including phenoxy) is 2. The van der Waals surface area contributed by atoms with E-state index < -0.39 is 0 Å². The van der Waals surface area contributed by atoms with Gasteiger partial charge in [-0.1, -0.05) is 48.5 Å². The summed E-state index contributed by atoms with van der Waals surface area (Å²) in [4.78, 5) is 14.5. The fourth-order valence-electron chi connectivity index (χ4n) is 3.12. The molecule has 3 aromatic rings. The van der Waals surface area contributed by atoms with Crippen molar-refractivity contribution in [3.63, 3.8) is 0 Å². The van der Waals surface area contributed by atoms with Gasteiger partial charge in [-0.2, -0.15) is 0 Å². The number of carbonyl (C=O) groups is 1. The molecule has 30 heavy (non-hydrogen) atoms. The second-order valence-corrected chi connectivity index (χ2v) is 7.03. The van der Waals surface area contributed by atoms with Crippen LogP contribution in [0, 0.1) is 0 Å². The first kappa shape index (κ1) is 19.7. The highest BCUT2D eigenvalue weighted by atomic mass is 32.1. The topological polar surface area (TPSA) is 50.8 Å². The Hall–Kier alpha value is -3.64. The number of anilines is 1. The Morgan fingerprint density at radius 2 is 1.67 bits per heavy atom. The first-order chi connectivity index (χ1) is 14.7. The van der Waals surface area contributed by atoms with E-state index >= 15 is 0 Å². The zero-order valence-corrected chi connectivity index (χ0v) is 17.2. The predicted octanol–water partition coefficient (Wildman–Crippen LogP) is 4.54. The highest BCUT2D eigenvalue weighted by Crippen LogP contribution is 2.27. The van der Waals surface area contributed by atoms with Crippen LogP contribution >= 0.6 is 12.2 Å². The van der Waals surface area contributed by atoms with E-state index in [4.69, 9.17) is 21.7 Å². The van der Waals surface area contributed by atoms with Crippen molar-refractivity contribution < 1.29 is 14.3 Å². The number of nitrogens with one attached hydrogen (secondary N) is 1. The normalized spacial score (nSPS) is 14.7. The SMILES string of the molecule is COc1ccc(N2C(=O)/C(=C/c3ccccc3OCc3ccccc3)NC2=S)cc1. The lowest BCUT2D eigenvalue weighted by Gasteiger charge is -2.14. The average molecular weight is 417 g/mol. The molecule has 6 heteroatoms. The van der Waals surface area contributed by atoms with Gasteiger partial charge in [0.05, 0.1) is 12.8 Å². The molecule has 1 saturated heterocycles. The highest BCUT2D eigenvalue weighted by molar-refractivity contribution is 7.80. The van der Waals surface area contributed by atoms with E-state index in [-0.39, 0.29) is 5.91 Å². The van der Waals surface area contributed by atoms with Crippen LogP contribution in [0.5, 0.6) is 11.5 Å². The van der Waals surface area contributed by atoms with Crippen molar-refractivity contribution in [2.75, 3.05) is 12.0 Å². The third-order valence-corrected chi connectivity index (χ3v) is 4.95. The first-order valence-electron chi connectivity index (χ1n) is 9.42. The summed E-state index contributed by atoms with van der Waals surface area (Å²) in [5.74, 6) is 1.19. The van der Waals surface area contributed by atoms with Crippen molar-refractivity contribution in [3.05, 3.63) is 95.7 Å². The number of benzene rings is 3. The molecule has 0 atom stereocenters. The first-order valence-corrected chi connectivity index (χ1v) is 9.83. The summed E-state index contributed by atoms with van der Waals surface area (Å²) >= 11 is 5.39. The highest BCUT2D eigenvalue weighted by Gasteiger charge is 2.32. The summed E-state index contributed by atoms with van der Waals surface area (Å²) in [6.45, 7) is 0.443. The minimum Gasteiger partial charge on any atom is -0.497 e. The summed E-state index contributed by atoms with van der Waals surface area (Å²) in [7, 11) is 1.60. The van der Waals surface area contributed by atoms with Crippen LogP contribution in [0.4, 0.5) is 5.69 Å². The maximum atomic E-state index is 13.0. The molecule has 0 unspecified atom stereocenters. The van der Waals surface area contributed by atoms with Crippen molar-refractivity contribution in [2.24, 2.45) is 0 Å². The van der Waals surface area contributed by atoms with Crippen molar-refractivity contribution >= 4 is 35.0 Å². The number of amides is 1. The number of carbonyl (C=O) groups excluding carboxylic acids is 1. The number of methoxy groups -OCH3 is 1. The molecule has 4 rings (SSSR count). The molecule has 1 fully saturated rings. The predicted molar refractivity (Wildman–Crippen MR) is 121 cm³/mol.